The van der Waals surface area contributed by atoms with Crippen molar-refractivity contribution in [3.05, 3.63) is 59.7 Å². The molecule has 2 rings (SSSR count). The maximum atomic E-state index is 12.9. The molecule has 0 fully saturated rings. The van der Waals surface area contributed by atoms with Gasteiger partial charge in [-0.3, -0.25) is 0 Å². The van der Waals surface area contributed by atoms with Crippen LogP contribution in [0.25, 0.3) is 0 Å². The zero-order valence-electron chi connectivity index (χ0n) is 11.6. The van der Waals surface area contributed by atoms with Crippen LogP contribution in [0.1, 0.15) is 18.1 Å². The van der Waals surface area contributed by atoms with Gasteiger partial charge in [-0.2, -0.15) is 13.2 Å². The molecule has 0 saturated heterocycles. The summed E-state index contributed by atoms with van der Waals surface area (Å²) in [5.74, 6) is 0.191. The van der Waals surface area contributed by atoms with E-state index in [9.17, 15) is 13.2 Å². The Morgan fingerprint density at radius 2 is 1.67 bits per heavy atom. The molecule has 0 aromatic heterocycles. The lowest BCUT2D eigenvalue weighted by atomic mass is 10.2. The molecular formula is C16H16F3NO. The number of rotatable bonds is 5. The summed E-state index contributed by atoms with van der Waals surface area (Å²) in [7, 11) is 0. The predicted molar refractivity (Wildman–Crippen MR) is 75.3 cm³/mol. The Bertz CT molecular complexity index is 579. The predicted octanol–water partition coefficient (Wildman–Crippen LogP) is 4.61. The second-order valence-corrected chi connectivity index (χ2v) is 4.52. The monoisotopic (exact) mass is 295 g/mol. The number of nitrogens with one attached hydrogen (secondary N) is 1. The first kappa shape index (κ1) is 15.4. The molecule has 2 nitrogen and oxygen atoms in total. The van der Waals surface area contributed by atoms with Gasteiger partial charge in [0.2, 0.25) is 0 Å². The van der Waals surface area contributed by atoms with Crippen LogP contribution >= 0.6 is 0 Å². The molecular weight excluding hydrogens is 279 g/mol. The summed E-state index contributed by atoms with van der Waals surface area (Å²) in [5, 5.41) is 3.17. The quantitative estimate of drug-likeness (QED) is 0.870. The third-order valence-electron chi connectivity index (χ3n) is 2.92. The number of alkyl halides is 3. The molecule has 0 atom stereocenters. The SMILES string of the molecule is CCNCc1ccc(Oc2ccccc2C(F)(F)F)cc1. The van der Waals surface area contributed by atoms with Crippen molar-refractivity contribution >= 4 is 0 Å². The smallest absolute Gasteiger partial charge is 0.419 e. The topological polar surface area (TPSA) is 21.3 Å². The summed E-state index contributed by atoms with van der Waals surface area (Å²) in [6.07, 6.45) is -4.43. The molecule has 1 N–H and O–H groups in total. The van der Waals surface area contributed by atoms with E-state index < -0.39 is 11.7 Å². The molecule has 2 aromatic carbocycles. The average molecular weight is 295 g/mol. The minimum atomic E-state index is -4.43. The zero-order chi connectivity index (χ0) is 15.3. The first-order valence-electron chi connectivity index (χ1n) is 6.64. The van der Waals surface area contributed by atoms with Gasteiger partial charge in [-0.1, -0.05) is 31.2 Å². The van der Waals surface area contributed by atoms with E-state index in [4.69, 9.17) is 4.74 Å². The largest absolute Gasteiger partial charge is 0.457 e. The highest BCUT2D eigenvalue weighted by Crippen LogP contribution is 2.37. The van der Waals surface area contributed by atoms with Gasteiger partial charge in [-0.05, 0) is 36.4 Å². The summed E-state index contributed by atoms with van der Waals surface area (Å²) < 4.78 is 44.0. The summed E-state index contributed by atoms with van der Waals surface area (Å²) in [6, 6.07) is 12.2. The van der Waals surface area contributed by atoms with Crippen molar-refractivity contribution in [3.8, 4) is 11.5 Å². The molecule has 0 aliphatic carbocycles. The van der Waals surface area contributed by atoms with E-state index in [0.29, 0.717) is 5.75 Å². The second-order valence-electron chi connectivity index (χ2n) is 4.52. The van der Waals surface area contributed by atoms with Crippen LogP contribution in [-0.4, -0.2) is 6.54 Å². The Balaban J connectivity index is 2.15. The number of benzene rings is 2. The van der Waals surface area contributed by atoms with Gasteiger partial charge in [0.05, 0.1) is 5.56 Å². The van der Waals surface area contributed by atoms with E-state index in [1.165, 1.54) is 18.2 Å². The van der Waals surface area contributed by atoms with Crippen molar-refractivity contribution in [1.29, 1.82) is 0 Å². The second kappa shape index (κ2) is 6.63. The molecule has 0 heterocycles. The number of halogens is 3. The molecule has 5 heteroatoms. The van der Waals surface area contributed by atoms with Gasteiger partial charge in [0.25, 0.3) is 0 Å². The average Bonchev–Trinajstić information content (AvgIpc) is 2.46. The van der Waals surface area contributed by atoms with Crippen LogP contribution in [0.5, 0.6) is 11.5 Å². The fourth-order valence-electron chi connectivity index (χ4n) is 1.86. The van der Waals surface area contributed by atoms with E-state index >= 15 is 0 Å². The van der Waals surface area contributed by atoms with Crippen molar-refractivity contribution in [2.24, 2.45) is 0 Å². The Labute approximate surface area is 121 Å². The third-order valence-corrected chi connectivity index (χ3v) is 2.92. The van der Waals surface area contributed by atoms with E-state index in [0.717, 1.165) is 24.7 Å². The van der Waals surface area contributed by atoms with Gasteiger partial charge in [0, 0.05) is 6.54 Å². The van der Waals surface area contributed by atoms with E-state index in [-0.39, 0.29) is 5.75 Å². The molecule has 0 amide bonds. The summed E-state index contributed by atoms with van der Waals surface area (Å²) in [5.41, 5.74) is 0.273. The molecule has 0 bridgehead atoms. The summed E-state index contributed by atoms with van der Waals surface area (Å²) >= 11 is 0. The van der Waals surface area contributed by atoms with Crippen molar-refractivity contribution in [3.63, 3.8) is 0 Å². The van der Waals surface area contributed by atoms with Gasteiger partial charge >= 0.3 is 6.18 Å². The van der Waals surface area contributed by atoms with Gasteiger partial charge < -0.3 is 10.1 Å². The van der Waals surface area contributed by atoms with Crippen LogP contribution in [0.3, 0.4) is 0 Å². The van der Waals surface area contributed by atoms with Crippen LogP contribution in [-0.2, 0) is 12.7 Å². The van der Waals surface area contributed by atoms with E-state index in [1.807, 2.05) is 19.1 Å². The minimum absolute atomic E-state index is 0.190. The molecule has 0 unspecified atom stereocenters. The maximum absolute atomic E-state index is 12.9. The number of hydrogen-bond acceptors (Lipinski definition) is 2. The first-order valence-corrected chi connectivity index (χ1v) is 6.64. The standard InChI is InChI=1S/C16H16F3NO/c1-2-20-11-12-7-9-13(10-8-12)21-15-6-4-3-5-14(15)16(17,18)19/h3-10,20H,2,11H2,1H3. The van der Waals surface area contributed by atoms with Crippen molar-refractivity contribution in [2.45, 2.75) is 19.6 Å². The molecule has 21 heavy (non-hydrogen) atoms. The Morgan fingerprint density at radius 3 is 2.29 bits per heavy atom. The fraction of sp³-hybridized carbons (Fsp3) is 0.250. The van der Waals surface area contributed by atoms with Crippen molar-refractivity contribution in [2.75, 3.05) is 6.54 Å². The molecule has 2 aromatic rings. The van der Waals surface area contributed by atoms with Crippen LogP contribution in [0, 0.1) is 0 Å². The van der Waals surface area contributed by atoms with E-state index in [1.54, 1.807) is 12.1 Å². The number of hydrogen-bond donors (Lipinski definition) is 1. The Kier molecular flexibility index (Phi) is 4.85. The Morgan fingerprint density at radius 1 is 1.00 bits per heavy atom. The van der Waals surface area contributed by atoms with Crippen molar-refractivity contribution in [1.82, 2.24) is 5.32 Å². The van der Waals surface area contributed by atoms with Crippen molar-refractivity contribution < 1.29 is 17.9 Å². The van der Waals surface area contributed by atoms with Crippen LogP contribution in [0.2, 0.25) is 0 Å². The molecule has 0 radical (unpaired) electrons. The molecule has 0 saturated carbocycles. The lowest BCUT2D eigenvalue weighted by Gasteiger charge is -2.13. The summed E-state index contributed by atoms with van der Waals surface area (Å²) in [4.78, 5) is 0. The lowest BCUT2D eigenvalue weighted by molar-refractivity contribution is -0.138. The van der Waals surface area contributed by atoms with Crippen LogP contribution in [0.15, 0.2) is 48.5 Å². The molecule has 0 aliphatic heterocycles. The molecule has 112 valence electrons. The normalized spacial score (nSPS) is 11.4. The van der Waals surface area contributed by atoms with Crippen LogP contribution < -0.4 is 10.1 Å². The number of para-hydroxylation sites is 1. The highest BCUT2D eigenvalue weighted by atomic mass is 19.4. The molecule has 0 spiro atoms. The lowest BCUT2D eigenvalue weighted by Crippen LogP contribution is -2.11. The van der Waals surface area contributed by atoms with Gasteiger partial charge in [-0.25, -0.2) is 0 Å². The fourth-order valence-corrected chi connectivity index (χ4v) is 1.86. The highest BCUT2D eigenvalue weighted by molar-refractivity contribution is 5.40. The van der Waals surface area contributed by atoms with Gasteiger partial charge in [-0.15, -0.1) is 0 Å². The molecule has 0 aliphatic rings. The van der Waals surface area contributed by atoms with Crippen LogP contribution in [0.4, 0.5) is 13.2 Å². The van der Waals surface area contributed by atoms with Gasteiger partial charge in [0.15, 0.2) is 0 Å². The van der Waals surface area contributed by atoms with Gasteiger partial charge in [0.1, 0.15) is 11.5 Å². The summed E-state index contributed by atoms with van der Waals surface area (Å²) in [6.45, 7) is 3.58. The Hall–Kier alpha value is -2.01. The highest BCUT2D eigenvalue weighted by Gasteiger charge is 2.34. The number of ether oxygens (including phenoxy) is 1. The minimum Gasteiger partial charge on any atom is -0.457 e. The maximum Gasteiger partial charge on any atom is 0.419 e. The zero-order valence-corrected chi connectivity index (χ0v) is 11.6. The van der Waals surface area contributed by atoms with E-state index in [2.05, 4.69) is 5.32 Å². The third kappa shape index (κ3) is 4.23. The first-order chi connectivity index (χ1) is 10.0.